The van der Waals surface area contributed by atoms with Gasteiger partial charge in [-0.3, -0.25) is 4.79 Å². The number of benzene rings is 1. The summed E-state index contributed by atoms with van der Waals surface area (Å²) in [6, 6.07) is 5.60. The summed E-state index contributed by atoms with van der Waals surface area (Å²) < 4.78 is 26.9. The third-order valence-electron chi connectivity index (χ3n) is 4.73. The molecule has 0 atom stereocenters. The van der Waals surface area contributed by atoms with Crippen LogP contribution < -0.4 is 5.32 Å². The first kappa shape index (κ1) is 21.4. The zero-order valence-electron chi connectivity index (χ0n) is 16.1. The van der Waals surface area contributed by atoms with Crippen LogP contribution in [0.1, 0.15) is 50.4 Å². The first-order valence-electron chi connectivity index (χ1n) is 9.12. The summed E-state index contributed by atoms with van der Waals surface area (Å²) in [6.45, 7) is 7.33. The molecular weight excluding hydrogens is 368 g/mol. The number of nitrogens with zero attached hydrogens (tertiary/aromatic N) is 1. The highest BCUT2D eigenvalue weighted by atomic mass is 32.2. The molecule has 1 saturated heterocycles. The lowest BCUT2D eigenvalue weighted by Crippen LogP contribution is -2.43. The molecule has 150 valence electrons. The van der Waals surface area contributed by atoms with Gasteiger partial charge in [-0.1, -0.05) is 32.9 Å². The number of nitrogens with one attached hydrogen (secondary N) is 1. The van der Waals surface area contributed by atoms with Gasteiger partial charge in [-0.25, -0.2) is 13.2 Å². The molecule has 1 aliphatic heterocycles. The number of aromatic carboxylic acids is 1. The maximum absolute atomic E-state index is 12.8. The fourth-order valence-corrected chi connectivity index (χ4v) is 4.72. The summed E-state index contributed by atoms with van der Waals surface area (Å²) in [4.78, 5) is 23.4. The van der Waals surface area contributed by atoms with Crippen LogP contribution in [-0.4, -0.2) is 49.3 Å². The van der Waals surface area contributed by atoms with Crippen molar-refractivity contribution < 1.29 is 23.1 Å². The number of hydrogen-bond acceptors (Lipinski definition) is 4. The van der Waals surface area contributed by atoms with E-state index in [2.05, 4.69) is 26.1 Å². The van der Waals surface area contributed by atoms with E-state index < -0.39 is 16.0 Å². The second-order valence-corrected chi connectivity index (χ2v) is 9.99. The lowest BCUT2D eigenvalue weighted by atomic mass is 9.92. The number of carbonyl (C=O) groups excluding carboxylic acids is 1. The molecule has 0 saturated carbocycles. The van der Waals surface area contributed by atoms with Crippen LogP contribution >= 0.6 is 0 Å². The highest BCUT2D eigenvalue weighted by Gasteiger charge is 2.34. The zero-order chi connectivity index (χ0) is 20.2. The molecule has 0 aliphatic carbocycles. The Bertz CT molecular complexity index is 791. The van der Waals surface area contributed by atoms with Crippen molar-refractivity contribution in [2.45, 2.75) is 44.9 Å². The van der Waals surface area contributed by atoms with Crippen LogP contribution in [0.5, 0.6) is 0 Å². The molecule has 1 aliphatic rings. The molecular formula is C19H28N2O5S. The van der Waals surface area contributed by atoms with E-state index in [1.54, 1.807) is 0 Å². The van der Waals surface area contributed by atoms with Gasteiger partial charge >= 0.3 is 5.97 Å². The van der Waals surface area contributed by atoms with Crippen LogP contribution in [-0.2, 0) is 14.8 Å². The van der Waals surface area contributed by atoms with Crippen LogP contribution in [0.3, 0.4) is 0 Å². The Morgan fingerprint density at radius 3 is 2.33 bits per heavy atom. The highest BCUT2D eigenvalue weighted by Crippen LogP contribution is 2.26. The Balaban J connectivity index is 1.99. The molecule has 1 amide bonds. The number of rotatable bonds is 6. The van der Waals surface area contributed by atoms with E-state index in [0.29, 0.717) is 19.4 Å². The molecule has 0 spiro atoms. The number of sulfonamides is 1. The van der Waals surface area contributed by atoms with Gasteiger partial charge in [0.05, 0.1) is 10.5 Å². The fraction of sp³-hybridized carbons (Fsp3) is 0.579. The van der Waals surface area contributed by atoms with Crippen LogP contribution in [0.4, 0.5) is 0 Å². The van der Waals surface area contributed by atoms with Gasteiger partial charge in [0, 0.05) is 25.6 Å². The summed E-state index contributed by atoms with van der Waals surface area (Å²) in [6.07, 6.45) is 1.73. The summed E-state index contributed by atoms with van der Waals surface area (Å²) in [5, 5.41) is 12.2. The summed E-state index contributed by atoms with van der Waals surface area (Å²) in [5.41, 5.74) is -0.0954. The monoisotopic (exact) mass is 396 g/mol. The summed E-state index contributed by atoms with van der Waals surface area (Å²) in [7, 11) is -3.90. The number of carboxylic acid groups (broad SMARTS) is 1. The number of hydrogen-bond donors (Lipinski definition) is 2. The summed E-state index contributed by atoms with van der Waals surface area (Å²) >= 11 is 0. The van der Waals surface area contributed by atoms with Crippen molar-refractivity contribution in [2.24, 2.45) is 11.3 Å². The predicted octanol–water partition coefficient (Wildman–Crippen LogP) is 2.34. The van der Waals surface area contributed by atoms with Gasteiger partial charge in [0.25, 0.3) is 0 Å². The van der Waals surface area contributed by atoms with Crippen molar-refractivity contribution in [1.29, 1.82) is 0 Å². The van der Waals surface area contributed by atoms with Gasteiger partial charge in [0.1, 0.15) is 0 Å². The second-order valence-electron chi connectivity index (χ2n) is 8.08. The number of carbonyl (C=O) groups is 2. The van der Waals surface area contributed by atoms with Crippen molar-refractivity contribution in [3.05, 3.63) is 29.8 Å². The molecule has 27 heavy (non-hydrogen) atoms. The Morgan fingerprint density at radius 1 is 1.19 bits per heavy atom. The van der Waals surface area contributed by atoms with E-state index in [0.717, 1.165) is 6.42 Å². The van der Waals surface area contributed by atoms with E-state index >= 15 is 0 Å². The maximum atomic E-state index is 12.8. The predicted molar refractivity (Wildman–Crippen MR) is 102 cm³/mol. The molecule has 0 unspecified atom stereocenters. The zero-order valence-corrected chi connectivity index (χ0v) is 16.9. The molecule has 2 N–H and O–H groups in total. The minimum absolute atomic E-state index is 0.0396. The average molecular weight is 397 g/mol. The minimum Gasteiger partial charge on any atom is -0.478 e. The molecule has 7 nitrogen and oxygen atoms in total. The Hall–Kier alpha value is -1.93. The van der Waals surface area contributed by atoms with Gasteiger partial charge in [-0.05, 0) is 36.8 Å². The minimum atomic E-state index is -3.90. The molecule has 1 aromatic rings. The molecule has 0 aromatic heterocycles. The molecule has 1 heterocycles. The largest absolute Gasteiger partial charge is 0.478 e. The fourth-order valence-electron chi connectivity index (χ4n) is 3.07. The standard InChI is InChI=1S/C19H28N2O5S/c1-19(2,3)10-11-20-17(22)14-8-12-21(13-9-14)27(25,26)16-7-5-4-6-15(16)18(23)24/h4-7,14H,8-13H2,1-3H3,(H,20,22)(H,23,24). The Kier molecular flexibility index (Phi) is 6.64. The topological polar surface area (TPSA) is 104 Å². The third-order valence-corrected chi connectivity index (χ3v) is 6.69. The van der Waals surface area contributed by atoms with Crippen LogP contribution in [0.25, 0.3) is 0 Å². The number of amides is 1. The van der Waals surface area contributed by atoms with Crippen LogP contribution in [0.15, 0.2) is 29.2 Å². The Labute approximate surface area is 160 Å². The van der Waals surface area contributed by atoms with E-state index in [-0.39, 0.29) is 40.8 Å². The van der Waals surface area contributed by atoms with E-state index in [9.17, 15) is 23.1 Å². The van der Waals surface area contributed by atoms with Crippen LogP contribution in [0, 0.1) is 11.3 Å². The molecule has 2 rings (SSSR count). The van der Waals surface area contributed by atoms with Crippen molar-refractivity contribution in [2.75, 3.05) is 19.6 Å². The number of carboxylic acids is 1. The first-order chi connectivity index (χ1) is 12.5. The van der Waals surface area contributed by atoms with Gasteiger partial charge < -0.3 is 10.4 Å². The quantitative estimate of drug-likeness (QED) is 0.768. The van der Waals surface area contributed by atoms with Gasteiger partial charge in [-0.15, -0.1) is 0 Å². The van der Waals surface area contributed by atoms with Crippen molar-refractivity contribution in [3.8, 4) is 0 Å². The average Bonchev–Trinajstić information content (AvgIpc) is 2.60. The van der Waals surface area contributed by atoms with Gasteiger partial charge in [0.15, 0.2) is 0 Å². The Morgan fingerprint density at radius 2 is 1.78 bits per heavy atom. The lowest BCUT2D eigenvalue weighted by molar-refractivity contribution is -0.126. The molecule has 1 aromatic carbocycles. The lowest BCUT2D eigenvalue weighted by Gasteiger charge is -2.31. The van der Waals surface area contributed by atoms with E-state index in [1.807, 2.05) is 0 Å². The van der Waals surface area contributed by atoms with Gasteiger partial charge in [-0.2, -0.15) is 4.31 Å². The third kappa shape index (κ3) is 5.52. The first-order valence-corrected chi connectivity index (χ1v) is 10.6. The maximum Gasteiger partial charge on any atom is 0.337 e. The van der Waals surface area contributed by atoms with Crippen molar-refractivity contribution in [1.82, 2.24) is 9.62 Å². The van der Waals surface area contributed by atoms with Crippen molar-refractivity contribution in [3.63, 3.8) is 0 Å². The van der Waals surface area contributed by atoms with Crippen molar-refractivity contribution >= 4 is 21.9 Å². The van der Waals surface area contributed by atoms with Crippen LogP contribution in [0.2, 0.25) is 0 Å². The summed E-state index contributed by atoms with van der Waals surface area (Å²) in [5.74, 6) is -1.53. The normalized spacial score (nSPS) is 16.9. The second kappa shape index (κ2) is 8.39. The SMILES string of the molecule is CC(C)(C)CCNC(=O)C1CCN(S(=O)(=O)c2ccccc2C(=O)O)CC1. The van der Waals surface area contributed by atoms with Gasteiger partial charge in [0.2, 0.25) is 15.9 Å². The molecule has 8 heteroatoms. The van der Waals surface area contributed by atoms with E-state index in [4.69, 9.17) is 0 Å². The number of piperidine rings is 1. The smallest absolute Gasteiger partial charge is 0.337 e. The molecule has 1 fully saturated rings. The van der Waals surface area contributed by atoms with E-state index in [1.165, 1.54) is 28.6 Å². The molecule has 0 bridgehead atoms. The highest BCUT2D eigenvalue weighted by molar-refractivity contribution is 7.89. The molecule has 0 radical (unpaired) electrons.